The molecule has 0 aliphatic rings. The summed E-state index contributed by atoms with van der Waals surface area (Å²) in [4.78, 5) is 2.07. The quantitative estimate of drug-likeness (QED) is 0.709. The van der Waals surface area contributed by atoms with E-state index in [0.29, 0.717) is 5.56 Å². The van der Waals surface area contributed by atoms with Crippen molar-refractivity contribution in [2.75, 3.05) is 11.4 Å². The van der Waals surface area contributed by atoms with Crippen LogP contribution in [0.4, 0.5) is 15.8 Å². The first kappa shape index (κ1) is 13.9. The first-order valence-corrected chi connectivity index (χ1v) is 6.88. The molecule has 0 atom stereocenters. The van der Waals surface area contributed by atoms with Gasteiger partial charge in [-0.25, -0.2) is 4.39 Å². The van der Waals surface area contributed by atoms with Gasteiger partial charge in [-0.1, -0.05) is 23.8 Å². The molecule has 0 N–H and O–H groups in total. The Bertz CT molecular complexity index is 551. The molecule has 2 aromatic rings. The lowest BCUT2D eigenvalue weighted by atomic mass is 10.1. The lowest BCUT2D eigenvalue weighted by molar-refractivity contribution is 0.616. The zero-order valence-electron chi connectivity index (χ0n) is 11.2. The Hall–Kier alpha value is -1.54. The summed E-state index contributed by atoms with van der Waals surface area (Å²) in [6.45, 7) is 4.85. The summed E-state index contributed by atoms with van der Waals surface area (Å²) in [6.07, 6.45) is 0. The Morgan fingerprint density at radius 1 is 1.11 bits per heavy atom. The molecule has 0 aliphatic carbocycles. The number of hydrogen-bond acceptors (Lipinski definition) is 1. The van der Waals surface area contributed by atoms with Gasteiger partial charge >= 0.3 is 0 Å². The van der Waals surface area contributed by atoms with Crippen molar-refractivity contribution in [3.63, 3.8) is 0 Å². The summed E-state index contributed by atoms with van der Waals surface area (Å²) in [5.74, 6) is -0.0808. The molecular formula is C16H17ClFN. The largest absolute Gasteiger partial charge is 0.341 e. The van der Waals surface area contributed by atoms with Crippen LogP contribution >= 0.6 is 11.6 Å². The van der Waals surface area contributed by atoms with Crippen LogP contribution < -0.4 is 4.90 Å². The Balaban J connectivity index is 2.48. The van der Waals surface area contributed by atoms with Crippen LogP contribution in [0, 0.1) is 12.7 Å². The van der Waals surface area contributed by atoms with Crippen molar-refractivity contribution in [1.29, 1.82) is 0 Å². The van der Waals surface area contributed by atoms with E-state index in [1.54, 1.807) is 6.07 Å². The van der Waals surface area contributed by atoms with Crippen molar-refractivity contribution in [2.24, 2.45) is 0 Å². The molecule has 0 aliphatic heterocycles. The Morgan fingerprint density at radius 3 is 2.37 bits per heavy atom. The van der Waals surface area contributed by atoms with E-state index in [-0.39, 0.29) is 11.7 Å². The molecule has 3 heteroatoms. The average Bonchev–Trinajstić information content (AvgIpc) is 2.42. The number of nitrogens with zero attached hydrogens (tertiary/aromatic N) is 1. The van der Waals surface area contributed by atoms with Crippen molar-refractivity contribution < 1.29 is 4.39 Å². The molecule has 100 valence electrons. The fourth-order valence-electron chi connectivity index (χ4n) is 2.15. The molecule has 2 rings (SSSR count). The molecule has 0 heterocycles. The van der Waals surface area contributed by atoms with Crippen molar-refractivity contribution in [2.45, 2.75) is 19.7 Å². The molecule has 0 aromatic heterocycles. The van der Waals surface area contributed by atoms with E-state index < -0.39 is 0 Å². The molecule has 0 fully saturated rings. The van der Waals surface area contributed by atoms with E-state index in [4.69, 9.17) is 11.6 Å². The molecule has 0 unspecified atom stereocenters. The van der Waals surface area contributed by atoms with Crippen LogP contribution in [0.15, 0.2) is 42.5 Å². The maximum atomic E-state index is 13.8. The molecular weight excluding hydrogens is 261 g/mol. The second kappa shape index (κ2) is 6.07. The van der Waals surface area contributed by atoms with E-state index in [1.807, 2.05) is 32.0 Å². The van der Waals surface area contributed by atoms with Gasteiger partial charge in [0.15, 0.2) is 0 Å². The van der Waals surface area contributed by atoms with Crippen molar-refractivity contribution in [1.82, 2.24) is 0 Å². The third kappa shape index (κ3) is 2.90. The van der Waals surface area contributed by atoms with E-state index in [9.17, 15) is 4.39 Å². The van der Waals surface area contributed by atoms with Gasteiger partial charge in [0.25, 0.3) is 0 Å². The third-order valence-electron chi connectivity index (χ3n) is 3.18. The smallest absolute Gasteiger partial charge is 0.129 e. The Morgan fingerprint density at radius 2 is 1.79 bits per heavy atom. The lowest BCUT2D eigenvalue weighted by Gasteiger charge is -2.25. The Labute approximate surface area is 118 Å². The van der Waals surface area contributed by atoms with Gasteiger partial charge in [-0.3, -0.25) is 0 Å². The summed E-state index contributed by atoms with van der Waals surface area (Å²) in [5, 5.41) is 0. The molecule has 0 spiro atoms. The molecule has 1 nitrogen and oxygen atoms in total. The first-order valence-electron chi connectivity index (χ1n) is 6.35. The number of benzene rings is 2. The van der Waals surface area contributed by atoms with E-state index >= 15 is 0 Å². The minimum atomic E-state index is -0.252. The summed E-state index contributed by atoms with van der Waals surface area (Å²) in [6, 6.07) is 13.3. The number of anilines is 2. The zero-order valence-corrected chi connectivity index (χ0v) is 11.9. The number of hydrogen-bond donors (Lipinski definition) is 0. The predicted octanol–water partition coefficient (Wildman–Crippen LogP) is 5.03. The summed E-state index contributed by atoms with van der Waals surface area (Å²) in [5.41, 5.74) is 3.63. The first-order chi connectivity index (χ1) is 9.17. The molecule has 19 heavy (non-hydrogen) atoms. The molecule has 0 saturated carbocycles. The number of alkyl halides is 1. The summed E-state index contributed by atoms with van der Waals surface area (Å²) in [7, 11) is 0. The second-order valence-corrected chi connectivity index (χ2v) is 4.72. The molecule has 2 aromatic carbocycles. The fraction of sp³-hybridized carbons (Fsp3) is 0.250. The zero-order chi connectivity index (χ0) is 13.8. The van der Waals surface area contributed by atoms with Gasteiger partial charge in [0.2, 0.25) is 0 Å². The van der Waals surface area contributed by atoms with Crippen LogP contribution in [-0.4, -0.2) is 6.54 Å². The molecule has 0 saturated heterocycles. The van der Waals surface area contributed by atoms with Gasteiger partial charge in [-0.15, -0.1) is 11.6 Å². The topological polar surface area (TPSA) is 3.24 Å². The highest BCUT2D eigenvalue weighted by atomic mass is 35.5. The summed E-state index contributed by atoms with van der Waals surface area (Å²) >= 11 is 5.88. The van der Waals surface area contributed by atoms with Crippen LogP contribution in [0.5, 0.6) is 0 Å². The van der Waals surface area contributed by atoms with E-state index in [2.05, 4.69) is 17.0 Å². The van der Waals surface area contributed by atoms with Crippen LogP contribution in [0.25, 0.3) is 0 Å². The van der Waals surface area contributed by atoms with Crippen LogP contribution in [0.3, 0.4) is 0 Å². The normalized spacial score (nSPS) is 10.5. The highest BCUT2D eigenvalue weighted by Gasteiger charge is 2.14. The minimum absolute atomic E-state index is 0.171. The average molecular weight is 278 g/mol. The van der Waals surface area contributed by atoms with Crippen molar-refractivity contribution in [3.8, 4) is 0 Å². The van der Waals surface area contributed by atoms with Crippen molar-refractivity contribution >= 4 is 23.0 Å². The number of rotatable bonds is 4. The number of aryl methyl sites for hydroxylation is 1. The maximum absolute atomic E-state index is 13.8. The van der Waals surface area contributed by atoms with Crippen LogP contribution in [0.2, 0.25) is 0 Å². The van der Waals surface area contributed by atoms with Gasteiger partial charge in [-0.05, 0) is 38.1 Å². The van der Waals surface area contributed by atoms with Gasteiger partial charge in [0.1, 0.15) is 5.82 Å². The molecule has 0 bridgehead atoms. The van der Waals surface area contributed by atoms with Gasteiger partial charge < -0.3 is 4.90 Å². The highest BCUT2D eigenvalue weighted by molar-refractivity contribution is 6.17. The predicted molar refractivity (Wildman–Crippen MR) is 79.8 cm³/mol. The van der Waals surface area contributed by atoms with Crippen molar-refractivity contribution in [3.05, 3.63) is 59.4 Å². The fourth-order valence-corrected chi connectivity index (χ4v) is 2.41. The number of halogens is 2. The molecule has 0 radical (unpaired) electrons. The minimum Gasteiger partial charge on any atom is -0.341 e. The highest BCUT2D eigenvalue weighted by Crippen LogP contribution is 2.31. The molecule has 0 amide bonds. The van der Waals surface area contributed by atoms with Gasteiger partial charge in [0, 0.05) is 23.5 Å². The SMILES string of the molecule is CCN(c1ccc(C)cc1)c1cccc(F)c1CCl. The third-order valence-corrected chi connectivity index (χ3v) is 3.45. The van der Waals surface area contributed by atoms with Gasteiger partial charge in [0.05, 0.1) is 5.88 Å². The standard InChI is InChI=1S/C16H17ClFN/c1-3-19(13-9-7-12(2)8-10-13)16-6-4-5-15(18)14(16)11-17/h4-10H,3,11H2,1-2H3. The summed E-state index contributed by atoms with van der Waals surface area (Å²) < 4.78 is 13.8. The lowest BCUT2D eigenvalue weighted by Crippen LogP contribution is -2.18. The van der Waals surface area contributed by atoms with E-state index in [0.717, 1.165) is 17.9 Å². The van der Waals surface area contributed by atoms with Gasteiger partial charge in [-0.2, -0.15) is 0 Å². The van der Waals surface area contributed by atoms with Crippen LogP contribution in [-0.2, 0) is 5.88 Å². The van der Waals surface area contributed by atoms with Crippen LogP contribution in [0.1, 0.15) is 18.1 Å². The second-order valence-electron chi connectivity index (χ2n) is 4.45. The monoisotopic (exact) mass is 277 g/mol. The van der Waals surface area contributed by atoms with E-state index in [1.165, 1.54) is 11.6 Å². The maximum Gasteiger partial charge on any atom is 0.129 e. The Kier molecular flexibility index (Phi) is 4.43.